The molecule has 0 atom stereocenters. The maximum Gasteiger partial charge on any atom is 0.344 e. The third-order valence-electron chi connectivity index (χ3n) is 2.60. The van der Waals surface area contributed by atoms with Gasteiger partial charge in [0.05, 0.1) is 16.9 Å². The maximum atomic E-state index is 11.6. The van der Waals surface area contributed by atoms with Gasteiger partial charge in [-0.2, -0.15) is 0 Å². The van der Waals surface area contributed by atoms with Gasteiger partial charge in [-0.3, -0.25) is 4.57 Å². The van der Waals surface area contributed by atoms with Crippen LogP contribution < -0.4 is 11.4 Å². The molecule has 0 amide bonds. The monoisotopic (exact) mass is 283 g/mol. The van der Waals surface area contributed by atoms with Crippen molar-refractivity contribution in [2.24, 2.45) is 0 Å². The number of pyridine rings is 1. The first-order valence-corrected chi connectivity index (χ1v) is 6.60. The third-order valence-corrected chi connectivity index (χ3v) is 3.99. The molecule has 1 fully saturated rings. The number of nitrogens with two attached hydrogens (primary N) is 1. The molecule has 1 saturated carbocycles. The van der Waals surface area contributed by atoms with Crippen LogP contribution in [0.5, 0.6) is 0 Å². The summed E-state index contributed by atoms with van der Waals surface area (Å²) in [5, 5.41) is 8.08. The molecule has 18 heavy (non-hydrogen) atoms. The van der Waals surface area contributed by atoms with E-state index in [4.69, 9.17) is 17.3 Å². The van der Waals surface area contributed by atoms with Gasteiger partial charge in [0.2, 0.25) is 0 Å². The Labute approximate surface area is 112 Å². The minimum absolute atomic E-state index is 0.188. The van der Waals surface area contributed by atoms with Crippen molar-refractivity contribution in [3.05, 3.63) is 27.8 Å². The first-order chi connectivity index (χ1) is 8.65. The zero-order valence-electron chi connectivity index (χ0n) is 9.26. The molecule has 0 spiro atoms. The van der Waals surface area contributed by atoms with Gasteiger partial charge in [0.25, 0.3) is 0 Å². The number of rotatable bonds is 3. The number of anilines is 1. The summed E-state index contributed by atoms with van der Waals surface area (Å²) in [6.07, 6.45) is 3.55. The molecule has 0 radical (unpaired) electrons. The summed E-state index contributed by atoms with van der Waals surface area (Å²) in [5.74, 6) is 0. The highest BCUT2D eigenvalue weighted by molar-refractivity contribution is 7.99. The number of aromatic amines is 1. The number of halogens is 1. The van der Waals surface area contributed by atoms with Gasteiger partial charge >= 0.3 is 5.69 Å². The summed E-state index contributed by atoms with van der Waals surface area (Å²) < 4.78 is 1.65. The summed E-state index contributed by atoms with van der Waals surface area (Å²) in [5.41, 5.74) is 5.90. The number of nitrogens with one attached hydrogen (secondary N) is 1. The summed E-state index contributed by atoms with van der Waals surface area (Å²) >= 11 is 7.31. The Hall–Kier alpha value is -1.47. The second-order valence-corrected chi connectivity index (χ2v) is 5.43. The van der Waals surface area contributed by atoms with Crippen LogP contribution in [0.2, 0.25) is 5.02 Å². The van der Waals surface area contributed by atoms with Crippen LogP contribution in [0.25, 0.3) is 0 Å². The van der Waals surface area contributed by atoms with E-state index in [1.54, 1.807) is 10.6 Å². The van der Waals surface area contributed by atoms with Gasteiger partial charge in [-0.1, -0.05) is 11.6 Å². The smallest absolute Gasteiger partial charge is 0.344 e. The van der Waals surface area contributed by atoms with E-state index in [1.807, 2.05) is 0 Å². The lowest BCUT2D eigenvalue weighted by Crippen LogP contribution is -2.16. The van der Waals surface area contributed by atoms with Crippen LogP contribution in [-0.4, -0.2) is 19.7 Å². The molecule has 8 heteroatoms. The van der Waals surface area contributed by atoms with Gasteiger partial charge in [-0.25, -0.2) is 14.9 Å². The van der Waals surface area contributed by atoms with Crippen molar-refractivity contribution in [2.45, 2.75) is 29.1 Å². The molecular weight excluding hydrogens is 274 g/mol. The Bertz CT molecular complexity index is 648. The number of nitrogens with zero attached hydrogens (tertiary/aromatic N) is 3. The molecule has 2 aromatic heterocycles. The Balaban J connectivity index is 1.94. The van der Waals surface area contributed by atoms with Crippen LogP contribution in [0.1, 0.15) is 18.9 Å². The number of hydrogen-bond acceptors (Lipinski definition) is 5. The number of nitrogen functional groups attached to an aromatic ring is 1. The van der Waals surface area contributed by atoms with Crippen LogP contribution in [0.4, 0.5) is 5.69 Å². The van der Waals surface area contributed by atoms with Crippen molar-refractivity contribution < 1.29 is 0 Å². The van der Waals surface area contributed by atoms with E-state index < -0.39 is 0 Å². The molecule has 0 bridgehead atoms. The largest absolute Gasteiger partial charge is 0.397 e. The van der Waals surface area contributed by atoms with Crippen molar-refractivity contribution in [2.75, 3.05) is 5.73 Å². The van der Waals surface area contributed by atoms with Gasteiger partial charge in [0.15, 0.2) is 5.16 Å². The quantitative estimate of drug-likeness (QED) is 0.895. The fraction of sp³-hybridized carbons (Fsp3) is 0.300. The van der Waals surface area contributed by atoms with Crippen LogP contribution in [0, 0.1) is 0 Å². The first kappa shape index (κ1) is 11.6. The van der Waals surface area contributed by atoms with Gasteiger partial charge in [-0.15, -0.1) is 5.10 Å². The van der Waals surface area contributed by atoms with E-state index >= 15 is 0 Å². The Morgan fingerprint density at radius 3 is 3.00 bits per heavy atom. The Morgan fingerprint density at radius 2 is 2.33 bits per heavy atom. The van der Waals surface area contributed by atoms with E-state index in [0.29, 0.717) is 20.9 Å². The van der Waals surface area contributed by atoms with Crippen molar-refractivity contribution in [3.8, 4) is 0 Å². The van der Waals surface area contributed by atoms with E-state index in [-0.39, 0.29) is 11.7 Å². The highest BCUT2D eigenvalue weighted by Crippen LogP contribution is 2.38. The van der Waals surface area contributed by atoms with Gasteiger partial charge < -0.3 is 5.73 Å². The average molecular weight is 284 g/mol. The molecule has 0 aromatic carbocycles. The van der Waals surface area contributed by atoms with Gasteiger partial charge in [0.1, 0.15) is 5.03 Å². The highest BCUT2D eigenvalue weighted by atomic mass is 35.5. The molecule has 3 rings (SSSR count). The predicted molar refractivity (Wildman–Crippen MR) is 68.9 cm³/mol. The first-order valence-electron chi connectivity index (χ1n) is 5.41. The molecular formula is C10H10ClN5OS. The number of hydrogen-bond donors (Lipinski definition) is 2. The van der Waals surface area contributed by atoms with E-state index in [2.05, 4.69) is 15.2 Å². The summed E-state index contributed by atoms with van der Waals surface area (Å²) in [4.78, 5) is 15.7. The lowest BCUT2D eigenvalue weighted by Gasteiger charge is -2.04. The lowest BCUT2D eigenvalue weighted by atomic mass is 10.4. The molecule has 0 unspecified atom stereocenters. The second kappa shape index (κ2) is 4.33. The summed E-state index contributed by atoms with van der Waals surface area (Å²) in [6.45, 7) is 0. The standard InChI is InChI=1S/C10H10ClN5OS/c11-7-3-5(12)4-13-8(7)18-10-15-14-9(17)16(10)6-1-2-6/h3-4,6H,1-2,12H2,(H,14,17). The second-order valence-electron chi connectivity index (χ2n) is 4.07. The van der Waals surface area contributed by atoms with Crippen LogP contribution in [0.15, 0.2) is 27.2 Å². The molecule has 2 heterocycles. The van der Waals surface area contributed by atoms with Crippen LogP contribution >= 0.6 is 23.4 Å². The molecule has 1 aliphatic carbocycles. The third kappa shape index (κ3) is 2.11. The molecule has 0 aliphatic heterocycles. The molecule has 2 aromatic rings. The normalized spacial score (nSPS) is 14.9. The van der Waals surface area contributed by atoms with E-state index in [0.717, 1.165) is 12.8 Å². The summed E-state index contributed by atoms with van der Waals surface area (Å²) in [7, 11) is 0. The average Bonchev–Trinajstić information content (AvgIpc) is 3.08. The minimum Gasteiger partial charge on any atom is -0.397 e. The van der Waals surface area contributed by atoms with Crippen LogP contribution in [0.3, 0.4) is 0 Å². The summed E-state index contributed by atoms with van der Waals surface area (Å²) in [6, 6.07) is 1.88. The SMILES string of the molecule is Nc1cnc(Sc2n[nH]c(=O)n2C2CC2)c(Cl)c1. The minimum atomic E-state index is -0.188. The zero-order valence-corrected chi connectivity index (χ0v) is 10.8. The molecule has 0 saturated heterocycles. The van der Waals surface area contributed by atoms with Crippen molar-refractivity contribution in [1.29, 1.82) is 0 Å². The highest BCUT2D eigenvalue weighted by Gasteiger charge is 2.29. The fourth-order valence-electron chi connectivity index (χ4n) is 1.62. The molecule has 1 aliphatic rings. The predicted octanol–water partition coefficient (Wildman–Crippen LogP) is 1.69. The van der Waals surface area contributed by atoms with E-state index in [9.17, 15) is 4.79 Å². The van der Waals surface area contributed by atoms with Crippen molar-refractivity contribution >= 4 is 29.1 Å². The number of H-pyrrole nitrogens is 1. The molecule has 6 nitrogen and oxygen atoms in total. The van der Waals surface area contributed by atoms with E-state index in [1.165, 1.54) is 18.0 Å². The molecule has 3 N–H and O–H groups in total. The Kier molecular flexibility index (Phi) is 2.79. The topological polar surface area (TPSA) is 89.6 Å². The maximum absolute atomic E-state index is 11.6. The van der Waals surface area contributed by atoms with Gasteiger partial charge in [0, 0.05) is 6.04 Å². The Morgan fingerprint density at radius 1 is 1.56 bits per heavy atom. The lowest BCUT2D eigenvalue weighted by molar-refractivity contribution is 0.642. The molecule has 94 valence electrons. The number of aromatic nitrogens is 4. The zero-order chi connectivity index (χ0) is 12.7. The fourth-order valence-corrected chi connectivity index (χ4v) is 2.77. The van der Waals surface area contributed by atoms with Crippen molar-refractivity contribution in [1.82, 2.24) is 19.7 Å². The van der Waals surface area contributed by atoms with Crippen LogP contribution in [-0.2, 0) is 0 Å². The van der Waals surface area contributed by atoms with Crippen molar-refractivity contribution in [3.63, 3.8) is 0 Å². The van der Waals surface area contributed by atoms with Gasteiger partial charge in [-0.05, 0) is 30.7 Å².